The van der Waals surface area contributed by atoms with Gasteiger partial charge in [0.25, 0.3) is 0 Å². The van der Waals surface area contributed by atoms with Crippen molar-refractivity contribution in [3.05, 3.63) is 83.1 Å². The summed E-state index contributed by atoms with van der Waals surface area (Å²) in [5.41, 5.74) is 17.4. The Morgan fingerprint density at radius 1 is 0.841 bits per heavy atom. The van der Waals surface area contributed by atoms with E-state index in [2.05, 4.69) is 30.9 Å². The molecule has 0 unspecified atom stereocenters. The zero-order valence-corrected chi connectivity index (χ0v) is 41.1. The summed E-state index contributed by atoms with van der Waals surface area (Å²) in [7, 11) is 0. The van der Waals surface area contributed by atoms with Crippen molar-refractivity contribution in [3.63, 3.8) is 0 Å². The molecule has 1 aliphatic heterocycles. The lowest BCUT2D eigenvalue weighted by Crippen LogP contribution is -2.56. The molecule has 69 heavy (non-hydrogen) atoms. The van der Waals surface area contributed by atoms with Crippen LogP contribution in [0.4, 0.5) is 21.6 Å². The Labute approximate surface area is 407 Å². The minimum Gasteiger partial charge on any atom is -0.397 e. The molecule has 368 valence electrons. The second-order valence-corrected chi connectivity index (χ2v) is 20.0. The monoisotopic (exact) mass is 963 g/mol. The number of pyridine rings is 2. The molecule has 3 aromatic heterocycles. The Morgan fingerprint density at radius 2 is 1.51 bits per heavy atom. The number of amides is 4. The van der Waals surface area contributed by atoms with Crippen molar-refractivity contribution in [2.75, 3.05) is 29.9 Å². The Hall–Kier alpha value is -6.33. The number of carbonyl (C=O) groups is 5. The average molecular weight is 964 g/mol. The largest absolute Gasteiger partial charge is 0.397 e. The second-order valence-electron chi connectivity index (χ2n) is 19.1. The predicted molar refractivity (Wildman–Crippen MR) is 270 cm³/mol. The smallest absolute Gasteiger partial charge is 0.246 e. The lowest BCUT2D eigenvalue weighted by molar-refractivity contribution is -0.140. The van der Waals surface area contributed by atoms with Crippen LogP contribution in [0.25, 0.3) is 32.3 Å². The van der Waals surface area contributed by atoms with E-state index in [0.717, 1.165) is 61.1 Å². The van der Waals surface area contributed by atoms with Crippen LogP contribution in [-0.4, -0.2) is 85.6 Å². The van der Waals surface area contributed by atoms with Gasteiger partial charge >= 0.3 is 0 Å². The fourth-order valence-electron chi connectivity index (χ4n) is 8.69. The number of aliphatic hydroxyl groups excluding tert-OH is 1. The van der Waals surface area contributed by atoms with Gasteiger partial charge in [0.15, 0.2) is 11.6 Å². The molecule has 0 spiro atoms. The van der Waals surface area contributed by atoms with Crippen LogP contribution in [0, 0.1) is 25.1 Å². The molecule has 2 aromatic carbocycles. The molecule has 15 nitrogen and oxygen atoms in total. The van der Waals surface area contributed by atoms with Gasteiger partial charge in [0, 0.05) is 73.2 Å². The number of rotatable bonds is 22. The first-order chi connectivity index (χ1) is 32.9. The van der Waals surface area contributed by atoms with Gasteiger partial charge in [-0.15, -0.1) is 11.3 Å². The predicted octanol–water partition coefficient (Wildman–Crippen LogP) is 8.45. The standard InChI is InChI=1S/C52H66FN9O6S/c1-31-38(26-56-28-40(31)54)37-23-35-24-42(58-27-39(35)47(55)46(37)53)60-44(65)17-14-16-43(64)57-22-13-11-9-7-6-8-10-12-15-45(66)61-50(52(3,4)5)51(68)62-29-36(63)25-41(62)48(67)33-18-20-34(21-19-33)49-32(2)59-30-69-49/h18-21,23-24,26-28,30,36,41,50,63H,6-17,22,25,29,54-55H2,1-5H3,(H,57,64)(H,61,66)(H,58,60,65)/t36-,41+,50-/m1/s1. The maximum atomic E-state index is 15.3. The maximum Gasteiger partial charge on any atom is 0.246 e. The second kappa shape index (κ2) is 23.8. The molecular weight excluding hydrogens is 898 g/mol. The Balaban J connectivity index is 0.822. The Kier molecular flexibility index (Phi) is 18.0. The summed E-state index contributed by atoms with van der Waals surface area (Å²) in [5, 5.41) is 20.3. The Morgan fingerprint density at radius 3 is 2.19 bits per heavy atom. The zero-order chi connectivity index (χ0) is 49.8. The van der Waals surface area contributed by atoms with Crippen molar-refractivity contribution in [2.45, 2.75) is 136 Å². The van der Waals surface area contributed by atoms with Crippen molar-refractivity contribution in [2.24, 2.45) is 5.41 Å². The van der Waals surface area contributed by atoms with Crippen LogP contribution in [0.3, 0.4) is 0 Å². The number of halogens is 1. The van der Waals surface area contributed by atoms with E-state index in [0.29, 0.717) is 52.5 Å². The number of carbonyl (C=O) groups excluding carboxylic acids is 5. The number of aromatic nitrogens is 3. The van der Waals surface area contributed by atoms with E-state index in [1.807, 2.05) is 39.8 Å². The number of aryl methyl sites for hydroxylation is 1. The van der Waals surface area contributed by atoms with Crippen LogP contribution >= 0.6 is 11.3 Å². The van der Waals surface area contributed by atoms with Gasteiger partial charge in [-0.2, -0.15) is 0 Å². The molecule has 0 bridgehead atoms. The summed E-state index contributed by atoms with van der Waals surface area (Å²) in [6.07, 6.45) is 12.2. The molecule has 4 amide bonds. The third kappa shape index (κ3) is 13.7. The highest BCUT2D eigenvalue weighted by atomic mass is 32.1. The fraction of sp³-hybridized carbons (Fsp3) is 0.462. The fourth-order valence-corrected chi connectivity index (χ4v) is 9.50. The molecule has 0 radical (unpaired) electrons. The summed E-state index contributed by atoms with van der Waals surface area (Å²) in [6, 6.07) is 8.82. The average Bonchev–Trinajstić information content (AvgIpc) is 3.93. The molecule has 1 aliphatic rings. The molecule has 0 aliphatic carbocycles. The van der Waals surface area contributed by atoms with Gasteiger partial charge in [-0.1, -0.05) is 83.6 Å². The molecule has 1 saturated heterocycles. The number of nitrogens with zero attached hydrogens (tertiary/aromatic N) is 4. The van der Waals surface area contributed by atoms with Crippen molar-refractivity contribution < 1.29 is 33.5 Å². The molecule has 3 atom stereocenters. The number of nitrogens with one attached hydrogen (secondary N) is 3. The highest BCUT2D eigenvalue weighted by Gasteiger charge is 2.44. The number of likely N-dealkylation sites (tertiary alicyclic amines) is 1. The number of anilines is 3. The van der Waals surface area contributed by atoms with Crippen LogP contribution in [-0.2, 0) is 19.2 Å². The summed E-state index contributed by atoms with van der Waals surface area (Å²) in [5.74, 6) is -1.55. The molecule has 6 rings (SSSR count). The number of ketones is 1. The van der Waals surface area contributed by atoms with Gasteiger partial charge in [0.1, 0.15) is 11.9 Å². The van der Waals surface area contributed by atoms with Gasteiger partial charge in [-0.25, -0.2) is 14.4 Å². The lowest BCUT2D eigenvalue weighted by atomic mass is 9.85. The number of fused-ring (bicyclic) bond motifs is 1. The van der Waals surface area contributed by atoms with E-state index >= 15 is 4.39 Å². The van der Waals surface area contributed by atoms with E-state index in [1.165, 1.54) is 34.8 Å². The summed E-state index contributed by atoms with van der Waals surface area (Å²) >= 11 is 1.53. The number of hydrogen-bond donors (Lipinski definition) is 6. The van der Waals surface area contributed by atoms with Crippen molar-refractivity contribution in [1.29, 1.82) is 0 Å². The van der Waals surface area contributed by atoms with Crippen LogP contribution in [0.2, 0.25) is 0 Å². The number of hydrogen-bond acceptors (Lipinski definition) is 12. The molecule has 5 aromatic rings. The third-order valence-electron chi connectivity index (χ3n) is 12.7. The van der Waals surface area contributed by atoms with Gasteiger partial charge in [0.05, 0.1) is 45.8 Å². The number of β-amino-alcohol motifs (C(OH)–C–C–N with tert-alkyl or cyclic N) is 1. The molecule has 17 heteroatoms. The number of Topliss-reactive ketones (excluding diaryl/α,β-unsaturated/α-hetero) is 1. The molecule has 0 saturated carbocycles. The summed E-state index contributed by atoms with van der Waals surface area (Å²) in [4.78, 5) is 81.2. The molecule has 4 heterocycles. The number of unbranched alkanes of at least 4 members (excludes halogenated alkanes) is 7. The quantitative estimate of drug-likeness (QED) is 0.0219. The van der Waals surface area contributed by atoms with Gasteiger partial charge in [-0.05, 0) is 67.2 Å². The minimum absolute atomic E-state index is 0.0250. The van der Waals surface area contributed by atoms with Crippen molar-refractivity contribution in [1.82, 2.24) is 30.5 Å². The van der Waals surface area contributed by atoms with Crippen LogP contribution in [0.15, 0.2) is 60.5 Å². The maximum absolute atomic E-state index is 15.3. The first-order valence-electron chi connectivity index (χ1n) is 23.9. The van der Waals surface area contributed by atoms with E-state index in [1.54, 1.807) is 36.7 Å². The molecule has 8 N–H and O–H groups in total. The number of aliphatic hydroxyl groups is 1. The van der Waals surface area contributed by atoms with E-state index in [4.69, 9.17) is 11.5 Å². The van der Waals surface area contributed by atoms with Crippen molar-refractivity contribution >= 4 is 68.7 Å². The highest BCUT2D eigenvalue weighted by molar-refractivity contribution is 7.13. The first kappa shape index (κ1) is 52.0. The number of thiazole rings is 1. The van der Waals surface area contributed by atoms with E-state index in [9.17, 15) is 29.1 Å². The topological polar surface area (TPSA) is 236 Å². The SMILES string of the molecule is Cc1ncsc1-c1ccc(C(=O)[C@@H]2C[C@@H](O)CN2C(=O)[C@@H](NC(=O)CCCCCCCCCCNC(=O)CCCC(=O)Nc2cc3cc(-c4cncc(N)c4C)c(F)c(N)c3cn2)C(C)(C)C)cc1. The normalized spacial score (nSPS) is 15.3. The van der Waals surface area contributed by atoms with E-state index < -0.39 is 29.4 Å². The zero-order valence-electron chi connectivity index (χ0n) is 40.3. The van der Waals surface area contributed by atoms with Crippen LogP contribution < -0.4 is 27.4 Å². The van der Waals surface area contributed by atoms with Gasteiger partial charge < -0.3 is 37.4 Å². The van der Waals surface area contributed by atoms with Crippen molar-refractivity contribution in [3.8, 4) is 21.6 Å². The van der Waals surface area contributed by atoms with Gasteiger partial charge in [0.2, 0.25) is 23.6 Å². The lowest BCUT2D eigenvalue weighted by Gasteiger charge is -2.35. The minimum atomic E-state index is -0.865. The highest BCUT2D eigenvalue weighted by Crippen LogP contribution is 2.36. The summed E-state index contributed by atoms with van der Waals surface area (Å²) in [6.45, 7) is 9.95. The van der Waals surface area contributed by atoms with E-state index in [-0.39, 0.29) is 78.7 Å². The number of nitrogen functional groups attached to an aromatic ring is 2. The first-order valence-corrected chi connectivity index (χ1v) is 24.8. The van der Waals surface area contributed by atoms with Crippen LogP contribution in [0.1, 0.15) is 126 Å². The summed E-state index contributed by atoms with van der Waals surface area (Å²) < 4.78 is 15.3. The Bertz CT molecular complexity index is 2630. The molecule has 1 fully saturated rings. The van der Waals surface area contributed by atoms with Crippen LogP contribution in [0.5, 0.6) is 0 Å². The number of benzene rings is 2. The number of nitrogens with two attached hydrogens (primary N) is 2. The third-order valence-corrected chi connectivity index (χ3v) is 13.7. The molecular formula is C52H66FN9O6S. The van der Waals surface area contributed by atoms with Gasteiger partial charge in [-0.3, -0.25) is 29.0 Å².